The fourth-order valence-electron chi connectivity index (χ4n) is 4.23. The van der Waals surface area contributed by atoms with Gasteiger partial charge in [-0.2, -0.15) is 4.98 Å². The Balaban J connectivity index is 1.46. The van der Waals surface area contributed by atoms with Crippen molar-refractivity contribution < 1.29 is 14.0 Å². The molecule has 2 aliphatic rings. The number of methoxy groups -OCH3 is 1. The minimum Gasteiger partial charge on any atom is -0.382 e. The second kappa shape index (κ2) is 7.64. The van der Waals surface area contributed by atoms with Crippen molar-refractivity contribution in [3.8, 4) is 0 Å². The summed E-state index contributed by atoms with van der Waals surface area (Å²) in [5, 5.41) is 4.26. The first kappa shape index (κ1) is 16.7. The second-order valence-electron chi connectivity index (χ2n) is 6.81. The van der Waals surface area contributed by atoms with Crippen LogP contribution in [0.15, 0.2) is 34.9 Å². The summed E-state index contributed by atoms with van der Waals surface area (Å²) in [4.78, 5) is 7.24. The van der Waals surface area contributed by atoms with Crippen molar-refractivity contribution in [3.63, 3.8) is 0 Å². The zero-order chi connectivity index (χ0) is 17.1. The van der Waals surface area contributed by atoms with Gasteiger partial charge in [-0.15, -0.1) is 0 Å². The van der Waals surface area contributed by atoms with Gasteiger partial charge >= 0.3 is 0 Å². The molecule has 0 bridgehead atoms. The van der Waals surface area contributed by atoms with Crippen molar-refractivity contribution in [3.05, 3.63) is 47.6 Å². The lowest BCUT2D eigenvalue weighted by atomic mass is 9.94. The van der Waals surface area contributed by atoms with Gasteiger partial charge in [0.15, 0.2) is 5.82 Å². The summed E-state index contributed by atoms with van der Waals surface area (Å²) >= 11 is 0. The van der Waals surface area contributed by atoms with E-state index in [1.807, 2.05) is 0 Å². The number of nitrogens with zero attached hydrogens (tertiary/aromatic N) is 3. The van der Waals surface area contributed by atoms with E-state index in [4.69, 9.17) is 14.0 Å². The summed E-state index contributed by atoms with van der Waals surface area (Å²) in [6.07, 6.45) is 3.51. The fraction of sp³-hybridized carbons (Fsp3) is 0.579. The molecular weight excluding hydrogens is 318 g/mol. The molecule has 2 aliphatic heterocycles. The third-order valence-corrected chi connectivity index (χ3v) is 5.34. The number of fused-ring (bicyclic) bond motifs is 1. The Hall–Kier alpha value is -1.76. The van der Waals surface area contributed by atoms with Crippen LogP contribution in [0.4, 0.5) is 0 Å². The monoisotopic (exact) mass is 343 g/mol. The fourth-order valence-corrected chi connectivity index (χ4v) is 4.23. The lowest BCUT2D eigenvalue weighted by molar-refractivity contribution is 0.0494. The summed E-state index contributed by atoms with van der Waals surface area (Å²) in [6, 6.07) is 11.8. The van der Waals surface area contributed by atoms with Gasteiger partial charge in [0.1, 0.15) is 6.61 Å². The van der Waals surface area contributed by atoms with Crippen molar-refractivity contribution in [2.45, 2.75) is 43.9 Å². The first-order valence-electron chi connectivity index (χ1n) is 9.06. The first-order valence-corrected chi connectivity index (χ1v) is 9.06. The van der Waals surface area contributed by atoms with Crippen LogP contribution in [-0.4, -0.2) is 48.0 Å². The minimum absolute atomic E-state index is 0.337. The molecule has 25 heavy (non-hydrogen) atoms. The Bertz CT molecular complexity index is 676. The van der Waals surface area contributed by atoms with E-state index in [-0.39, 0.29) is 0 Å². The molecule has 134 valence electrons. The molecule has 2 fully saturated rings. The SMILES string of the molecule is COCCOCc1nc([C@@H]2C[C@H](c3ccccc3)N3CCC[C@@H]23)no1. The minimum atomic E-state index is 0.337. The zero-order valence-corrected chi connectivity index (χ0v) is 14.6. The van der Waals surface area contributed by atoms with Gasteiger partial charge in [0, 0.05) is 25.1 Å². The lowest BCUT2D eigenvalue weighted by Gasteiger charge is -2.24. The van der Waals surface area contributed by atoms with E-state index < -0.39 is 0 Å². The Morgan fingerprint density at radius 2 is 2.12 bits per heavy atom. The van der Waals surface area contributed by atoms with Crippen LogP contribution in [0.25, 0.3) is 0 Å². The van der Waals surface area contributed by atoms with Gasteiger partial charge in [-0.1, -0.05) is 35.5 Å². The second-order valence-corrected chi connectivity index (χ2v) is 6.81. The van der Waals surface area contributed by atoms with E-state index in [1.54, 1.807) is 7.11 Å². The Morgan fingerprint density at radius 1 is 1.24 bits per heavy atom. The molecule has 0 spiro atoms. The summed E-state index contributed by atoms with van der Waals surface area (Å²) in [5.41, 5.74) is 1.39. The van der Waals surface area contributed by atoms with Gasteiger partial charge in [-0.05, 0) is 31.4 Å². The predicted octanol–water partition coefficient (Wildman–Crippen LogP) is 2.93. The molecule has 0 radical (unpaired) electrons. The van der Waals surface area contributed by atoms with E-state index in [1.165, 1.54) is 18.4 Å². The third kappa shape index (κ3) is 3.47. The highest BCUT2D eigenvalue weighted by Gasteiger charge is 2.46. The average Bonchev–Trinajstić information content (AvgIpc) is 3.36. The van der Waals surface area contributed by atoms with Gasteiger partial charge in [0.2, 0.25) is 0 Å². The largest absolute Gasteiger partial charge is 0.382 e. The maximum atomic E-state index is 5.48. The average molecular weight is 343 g/mol. The van der Waals surface area contributed by atoms with Crippen LogP contribution >= 0.6 is 0 Å². The molecular formula is C19H25N3O3. The molecule has 0 unspecified atom stereocenters. The molecule has 3 heterocycles. The standard InChI is InChI=1S/C19H25N3O3/c1-23-10-11-24-13-18-20-19(21-25-18)15-12-17(14-6-3-2-4-7-14)22-9-5-8-16(15)22/h2-4,6-7,15-17H,5,8-13H2,1H3/t15-,16+,17-/m1/s1. The Labute approximate surface area is 148 Å². The number of rotatable bonds is 7. The van der Waals surface area contributed by atoms with E-state index >= 15 is 0 Å². The third-order valence-electron chi connectivity index (χ3n) is 5.34. The summed E-state index contributed by atoms with van der Waals surface area (Å²) in [7, 11) is 1.66. The molecule has 4 rings (SSSR count). The van der Waals surface area contributed by atoms with Gasteiger partial charge in [-0.3, -0.25) is 4.90 Å². The normalized spacial score (nSPS) is 26.2. The zero-order valence-electron chi connectivity index (χ0n) is 14.6. The molecule has 6 heteroatoms. The van der Waals surface area contributed by atoms with Crippen molar-refractivity contribution in [1.82, 2.24) is 15.0 Å². The van der Waals surface area contributed by atoms with Gasteiger partial charge in [-0.25, -0.2) is 0 Å². The van der Waals surface area contributed by atoms with Gasteiger partial charge in [0.25, 0.3) is 5.89 Å². The first-order chi connectivity index (χ1) is 12.4. The number of aromatic nitrogens is 2. The molecule has 0 N–H and O–H groups in total. The number of hydrogen-bond donors (Lipinski definition) is 0. The van der Waals surface area contributed by atoms with Crippen LogP contribution in [-0.2, 0) is 16.1 Å². The predicted molar refractivity (Wildman–Crippen MR) is 92.1 cm³/mol. The smallest absolute Gasteiger partial charge is 0.252 e. The van der Waals surface area contributed by atoms with E-state index in [0.717, 1.165) is 18.8 Å². The van der Waals surface area contributed by atoms with Gasteiger partial charge in [0.05, 0.1) is 13.2 Å². The molecule has 0 saturated carbocycles. The quantitative estimate of drug-likeness (QED) is 0.721. The molecule has 0 amide bonds. The van der Waals surface area contributed by atoms with E-state index in [9.17, 15) is 0 Å². The van der Waals surface area contributed by atoms with Gasteiger partial charge < -0.3 is 14.0 Å². The van der Waals surface area contributed by atoms with Crippen molar-refractivity contribution in [1.29, 1.82) is 0 Å². The van der Waals surface area contributed by atoms with Crippen molar-refractivity contribution in [2.75, 3.05) is 26.9 Å². The molecule has 0 aliphatic carbocycles. The number of ether oxygens (including phenoxy) is 2. The van der Waals surface area contributed by atoms with Crippen LogP contribution in [0.5, 0.6) is 0 Å². The molecule has 6 nitrogen and oxygen atoms in total. The molecule has 1 aromatic heterocycles. The summed E-state index contributed by atoms with van der Waals surface area (Å²) in [5.74, 6) is 1.73. The van der Waals surface area contributed by atoms with E-state index in [2.05, 4.69) is 45.4 Å². The summed E-state index contributed by atoms with van der Waals surface area (Å²) < 4.78 is 15.9. The molecule has 1 aromatic carbocycles. The maximum absolute atomic E-state index is 5.48. The highest BCUT2D eigenvalue weighted by atomic mass is 16.5. The molecule has 3 atom stereocenters. The highest BCUT2D eigenvalue weighted by Crippen LogP contribution is 2.48. The Kier molecular flexibility index (Phi) is 5.10. The highest BCUT2D eigenvalue weighted by molar-refractivity contribution is 5.24. The van der Waals surface area contributed by atoms with E-state index in [0.29, 0.717) is 43.7 Å². The summed E-state index contributed by atoms with van der Waals surface area (Å²) in [6.45, 7) is 2.61. The topological polar surface area (TPSA) is 60.6 Å². The molecule has 2 aromatic rings. The molecule has 2 saturated heterocycles. The number of benzene rings is 1. The number of hydrogen-bond acceptors (Lipinski definition) is 6. The van der Waals surface area contributed by atoms with Crippen LogP contribution in [0.3, 0.4) is 0 Å². The van der Waals surface area contributed by atoms with Crippen molar-refractivity contribution in [2.24, 2.45) is 0 Å². The van der Waals surface area contributed by atoms with Crippen molar-refractivity contribution >= 4 is 0 Å². The maximum Gasteiger partial charge on any atom is 0.252 e. The van der Waals surface area contributed by atoms with Crippen LogP contribution in [0, 0.1) is 0 Å². The van der Waals surface area contributed by atoms with Crippen LogP contribution < -0.4 is 0 Å². The van der Waals surface area contributed by atoms with Crippen LogP contribution in [0.2, 0.25) is 0 Å². The lowest BCUT2D eigenvalue weighted by Crippen LogP contribution is -2.27. The Morgan fingerprint density at radius 3 is 2.96 bits per heavy atom. The van der Waals surface area contributed by atoms with Crippen LogP contribution in [0.1, 0.15) is 48.5 Å².